The fraction of sp³-hybridized carbons (Fsp3) is 0.933. The number of carbonyl (C=O) groups is 1. The van der Waals surface area contributed by atoms with Crippen molar-refractivity contribution in [2.24, 2.45) is 17.3 Å². The third-order valence-electron chi connectivity index (χ3n) is 5.01. The second-order valence-electron chi connectivity index (χ2n) is 6.88. The summed E-state index contributed by atoms with van der Waals surface area (Å²) in [5.41, 5.74) is 0.0685. The van der Waals surface area contributed by atoms with Crippen LogP contribution in [0.5, 0.6) is 0 Å². The molecule has 3 nitrogen and oxygen atoms in total. The predicted octanol–water partition coefficient (Wildman–Crippen LogP) is 2.86. The largest absolute Gasteiger partial charge is 0.391 e. The first-order valence-electron chi connectivity index (χ1n) is 7.85. The van der Waals surface area contributed by atoms with E-state index in [9.17, 15) is 18.0 Å². The van der Waals surface area contributed by atoms with Crippen LogP contribution in [0.2, 0.25) is 0 Å². The van der Waals surface area contributed by atoms with Crippen molar-refractivity contribution in [3.63, 3.8) is 0 Å². The molecule has 2 fully saturated rings. The molecule has 21 heavy (non-hydrogen) atoms. The standard InChI is InChI=1S/C15H25F3N2O/c1-14(5-7-19-8-6-14)10-20-13(21)11-3-2-4-12(9-11)15(16,17)18/h11-12,19H,2-10H2,1H3,(H,20,21). The van der Waals surface area contributed by atoms with Gasteiger partial charge in [-0.1, -0.05) is 13.3 Å². The molecule has 1 aliphatic carbocycles. The SMILES string of the molecule is CC1(CNC(=O)C2CCCC(C(F)(F)F)C2)CCNCC1. The van der Waals surface area contributed by atoms with E-state index in [2.05, 4.69) is 17.6 Å². The molecule has 2 aliphatic rings. The number of nitrogens with one attached hydrogen (secondary N) is 2. The summed E-state index contributed by atoms with van der Waals surface area (Å²) in [6.45, 7) is 4.58. The van der Waals surface area contributed by atoms with Gasteiger partial charge in [0, 0.05) is 12.5 Å². The molecule has 2 atom stereocenters. The summed E-state index contributed by atoms with van der Waals surface area (Å²) in [4.78, 5) is 12.2. The van der Waals surface area contributed by atoms with Gasteiger partial charge < -0.3 is 10.6 Å². The number of amides is 1. The number of hydrogen-bond acceptors (Lipinski definition) is 2. The smallest absolute Gasteiger partial charge is 0.355 e. The molecule has 122 valence electrons. The van der Waals surface area contributed by atoms with E-state index < -0.39 is 18.0 Å². The lowest BCUT2D eigenvalue weighted by molar-refractivity contribution is -0.186. The first kappa shape index (κ1) is 16.6. The summed E-state index contributed by atoms with van der Waals surface area (Å²) in [6.07, 6.45) is -1.00. The zero-order valence-electron chi connectivity index (χ0n) is 12.6. The van der Waals surface area contributed by atoms with Crippen LogP contribution in [-0.4, -0.2) is 31.7 Å². The Morgan fingerprint density at radius 1 is 1.29 bits per heavy atom. The Bertz CT molecular complexity index is 364. The summed E-state index contributed by atoms with van der Waals surface area (Å²) in [6, 6.07) is 0. The highest BCUT2D eigenvalue weighted by Gasteiger charge is 2.43. The maximum Gasteiger partial charge on any atom is 0.391 e. The van der Waals surface area contributed by atoms with E-state index in [-0.39, 0.29) is 24.2 Å². The van der Waals surface area contributed by atoms with Crippen molar-refractivity contribution in [2.75, 3.05) is 19.6 Å². The third kappa shape index (κ3) is 4.59. The minimum Gasteiger partial charge on any atom is -0.355 e. The van der Waals surface area contributed by atoms with E-state index in [0.29, 0.717) is 19.4 Å². The van der Waals surface area contributed by atoms with Crippen LogP contribution in [0.15, 0.2) is 0 Å². The van der Waals surface area contributed by atoms with Gasteiger partial charge in [0.1, 0.15) is 0 Å². The van der Waals surface area contributed by atoms with Crippen LogP contribution < -0.4 is 10.6 Å². The Kier molecular flexibility index (Phi) is 5.17. The molecule has 0 aromatic carbocycles. The number of rotatable bonds is 3. The van der Waals surface area contributed by atoms with E-state index in [4.69, 9.17) is 0 Å². The van der Waals surface area contributed by atoms with Crippen LogP contribution in [0.25, 0.3) is 0 Å². The van der Waals surface area contributed by atoms with Crippen molar-refractivity contribution in [1.29, 1.82) is 0 Å². The molecule has 1 amide bonds. The third-order valence-corrected chi connectivity index (χ3v) is 5.01. The van der Waals surface area contributed by atoms with Crippen molar-refractivity contribution < 1.29 is 18.0 Å². The zero-order chi connectivity index (χ0) is 15.5. The van der Waals surface area contributed by atoms with Gasteiger partial charge in [-0.15, -0.1) is 0 Å². The molecule has 2 N–H and O–H groups in total. The molecule has 2 rings (SSSR count). The number of alkyl halides is 3. The predicted molar refractivity (Wildman–Crippen MR) is 74.7 cm³/mol. The highest BCUT2D eigenvalue weighted by Crippen LogP contribution is 2.40. The van der Waals surface area contributed by atoms with E-state index in [1.54, 1.807) is 0 Å². The average Bonchev–Trinajstić information content (AvgIpc) is 2.45. The lowest BCUT2D eigenvalue weighted by atomic mass is 9.79. The fourth-order valence-electron chi connectivity index (χ4n) is 3.38. The van der Waals surface area contributed by atoms with E-state index in [1.807, 2.05) is 0 Å². The second kappa shape index (κ2) is 6.55. The quantitative estimate of drug-likeness (QED) is 0.842. The first-order chi connectivity index (χ1) is 9.80. The number of piperidine rings is 1. The van der Waals surface area contributed by atoms with Crippen molar-refractivity contribution in [2.45, 2.75) is 51.6 Å². The van der Waals surface area contributed by atoms with Gasteiger partial charge in [-0.2, -0.15) is 13.2 Å². The van der Waals surface area contributed by atoms with Crippen LogP contribution in [0.3, 0.4) is 0 Å². The molecule has 1 heterocycles. The Balaban J connectivity index is 1.82. The van der Waals surface area contributed by atoms with Crippen LogP contribution in [-0.2, 0) is 4.79 Å². The topological polar surface area (TPSA) is 41.1 Å². The molecular formula is C15H25F3N2O. The number of hydrogen-bond donors (Lipinski definition) is 2. The van der Waals surface area contributed by atoms with Gasteiger partial charge in [-0.3, -0.25) is 4.79 Å². The van der Waals surface area contributed by atoms with Crippen LogP contribution in [0.1, 0.15) is 45.4 Å². The molecule has 1 saturated heterocycles. The minimum atomic E-state index is -4.17. The van der Waals surface area contributed by atoms with Gasteiger partial charge in [-0.25, -0.2) is 0 Å². The fourth-order valence-corrected chi connectivity index (χ4v) is 3.38. The number of carbonyl (C=O) groups excluding carboxylic acids is 1. The lowest BCUT2D eigenvalue weighted by Crippen LogP contribution is -2.45. The Morgan fingerprint density at radius 2 is 1.95 bits per heavy atom. The molecule has 0 aromatic heterocycles. The molecule has 0 aromatic rings. The van der Waals surface area contributed by atoms with E-state index in [0.717, 1.165) is 25.9 Å². The summed E-state index contributed by atoms with van der Waals surface area (Å²) in [7, 11) is 0. The molecular weight excluding hydrogens is 281 g/mol. The van der Waals surface area contributed by atoms with E-state index >= 15 is 0 Å². The second-order valence-corrected chi connectivity index (χ2v) is 6.88. The Labute approximate surface area is 124 Å². The summed E-state index contributed by atoms with van der Waals surface area (Å²) < 4.78 is 38.3. The maximum atomic E-state index is 12.8. The lowest BCUT2D eigenvalue weighted by Gasteiger charge is -2.35. The van der Waals surface area contributed by atoms with Gasteiger partial charge in [0.05, 0.1) is 5.92 Å². The zero-order valence-corrected chi connectivity index (χ0v) is 12.6. The Morgan fingerprint density at radius 3 is 2.57 bits per heavy atom. The molecule has 0 bridgehead atoms. The molecule has 1 aliphatic heterocycles. The first-order valence-corrected chi connectivity index (χ1v) is 7.85. The van der Waals surface area contributed by atoms with Crippen molar-refractivity contribution >= 4 is 5.91 Å². The van der Waals surface area contributed by atoms with Gasteiger partial charge in [-0.05, 0) is 50.6 Å². The maximum absolute atomic E-state index is 12.8. The van der Waals surface area contributed by atoms with Gasteiger partial charge in [0.2, 0.25) is 5.91 Å². The van der Waals surface area contributed by atoms with Crippen molar-refractivity contribution in [1.82, 2.24) is 10.6 Å². The summed E-state index contributed by atoms with van der Waals surface area (Å²) in [5, 5.41) is 6.18. The number of halogens is 3. The molecule has 2 unspecified atom stereocenters. The van der Waals surface area contributed by atoms with Crippen molar-refractivity contribution in [3.8, 4) is 0 Å². The van der Waals surface area contributed by atoms with Crippen LogP contribution in [0, 0.1) is 17.3 Å². The normalized spacial score (nSPS) is 29.9. The highest BCUT2D eigenvalue weighted by atomic mass is 19.4. The molecule has 6 heteroatoms. The van der Waals surface area contributed by atoms with E-state index in [1.165, 1.54) is 0 Å². The Hall–Kier alpha value is -0.780. The minimum absolute atomic E-state index is 0.0480. The van der Waals surface area contributed by atoms with Crippen molar-refractivity contribution in [3.05, 3.63) is 0 Å². The molecule has 0 spiro atoms. The summed E-state index contributed by atoms with van der Waals surface area (Å²) >= 11 is 0. The van der Waals surface area contributed by atoms with Gasteiger partial charge in [0.15, 0.2) is 0 Å². The molecule has 1 saturated carbocycles. The van der Waals surface area contributed by atoms with Gasteiger partial charge in [0.25, 0.3) is 0 Å². The molecule has 0 radical (unpaired) electrons. The summed E-state index contributed by atoms with van der Waals surface area (Å²) in [5.74, 6) is -1.98. The van der Waals surface area contributed by atoms with Gasteiger partial charge >= 0.3 is 6.18 Å². The van der Waals surface area contributed by atoms with Crippen LogP contribution >= 0.6 is 0 Å². The highest BCUT2D eigenvalue weighted by molar-refractivity contribution is 5.78. The van der Waals surface area contributed by atoms with Crippen LogP contribution in [0.4, 0.5) is 13.2 Å². The average molecular weight is 306 g/mol. The monoisotopic (exact) mass is 306 g/mol.